The van der Waals surface area contributed by atoms with Gasteiger partial charge >= 0.3 is 0 Å². The summed E-state index contributed by atoms with van der Waals surface area (Å²) in [5.41, 5.74) is 0.746. The summed E-state index contributed by atoms with van der Waals surface area (Å²) in [6, 6.07) is 5.55. The summed E-state index contributed by atoms with van der Waals surface area (Å²) in [7, 11) is 0. The summed E-state index contributed by atoms with van der Waals surface area (Å²) in [5, 5.41) is 0. The van der Waals surface area contributed by atoms with Gasteiger partial charge in [-0.15, -0.1) is 0 Å². The van der Waals surface area contributed by atoms with E-state index in [4.69, 9.17) is 9.47 Å². The molecule has 1 aromatic rings. The highest BCUT2D eigenvalue weighted by molar-refractivity contribution is 5.98. The van der Waals surface area contributed by atoms with Crippen LogP contribution in [-0.4, -0.2) is 19.0 Å². The van der Waals surface area contributed by atoms with Gasteiger partial charge in [0.1, 0.15) is 0 Å². The Bertz CT molecular complexity index is 467. The fraction of sp³-hybridized carbons (Fsp3) is 0.588. The third-order valence-electron chi connectivity index (χ3n) is 4.03. The van der Waals surface area contributed by atoms with Crippen molar-refractivity contribution in [3.63, 3.8) is 0 Å². The molecule has 0 heterocycles. The molecule has 1 aliphatic carbocycles. The topological polar surface area (TPSA) is 35.5 Å². The molecule has 0 bridgehead atoms. The van der Waals surface area contributed by atoms with Crippen LogP contribution in [0.4, 0.5) is 0 Å². The molecule has 0 saturated heterocycles. The van der Waals surface area contributed by atoms with E-state index < -0.39 is 0 Å². The van der Waals surface area contributed by atoms with E-state index >= 15 is 0 Å². The normalized spacial score (nSPS) is 21.8. The summed E-state index contributed by atoms with van der Waals surface area (Å²) >= 11 is 0. The molecule has 1 fully saturated rings. The number of hydrogen-bond acceptors (Lipinski definition) is 3. The molecule has 1 aromatic carbocycles. The zero-order valence-corrected chi connectivity index (χ0v) is 12.6. The van der Waals surface area contributed by atoms with E-state index in [0.29, 0.717) is 30.6 Å². The van der Waals surface area contributed by atoms with Gasteiger partial charge in [0.05, 0.1) is 13.2 Å². The van der Waals surface area contributed by atoms with Crippen molar-refractivity contribution in [3.05, 3.63) is 23.8 Å². The maximum absolute atomic E-state index is 12.6. The van der Waals surface area contributed by atoms with Crippen molar-refractivity contribution in [2.75, 3.05) is 13.2 Å². The average molecular weight is 276 g/mol. The summed E-state index contributed by atoms with van der Waals surface area (Å²) in [4.78, 5) is 12.6. The molecule has 2 rings (SSSR count). The van der Waals surface area contributed by atoms with Crippen LogP contribution >= 0.6 is 0 Å². The lowest BCUT2D eigenvalue weighted by Gasteiger charge is -2.16. The number of benzene rings is 1. The molecule has 0 amide bonds. The predicted molar refractivity (Wildman–Crippen MR) is 79.6 cm³/mol. The van der Waals surface area contributed by atoms with Crippen LogP contribution in [0.3, 0.4) is 0 Å². The number of ether oxygens (including phenoxy) is 2. The van der Waals surface area contributed by atoms with Crippen molar-refractivity contribution in [3.8, 4) is 11.5 Å². The first-order valence-electron chi connectivity index (χ1n) is 7.61. The first-order chi connectivity index (χ1) is 9.67. The van der Waals surface area contributed by atoms with Gasteiger partial charge in [-0.1, -0.05) is 13.3 Å². The Morgan fingerprint density at radius 1 is 1.15 bits per heavy atom. The Hall–Kier alpha value is -1.51. The fourth-order valence-corrected chi connectivity index (χ4v) is 2.95. The van der Waals surface area contributed by atoms with Crippen molar-refractivity contribution in [2.45, 2.75) is 40.0 Å². The minimum atomic E-state index is 0.169. The Balaban J connectivity index is 2.23. The minimum absolute atomic E-state index is 0.169. The lowest BCUT2D eigenvalue weighted by atomic mass is 9.89. The van der Waals surface area contributed by atoms with E-state index in [1.54, 1.807) is 0 Å². The van der Waals surface area contributed by atoms with Gasteiger partial charge in [0.25, 0.3) is 0 Å². The van der Waals surface area contributed by atoms with Crippen molar-refractivity contribution < 1.29 is 14.3 Å². The van der Waals surface area contributed by atoms with E-state index in [9.17, 15) is 4.79 Å². The van der Waals surface area contributed by atoms with E-state index in [-0.39, 0.29) is 11.7 Å². The zero-order chi connectivity index (χ0) is 14.5. The van der Waals surface area contributed by atoms with Crippen LogP contribution in [-0.2, 0) is 0 Å². The van der Waals surface area contributed by atoms with Gasteiger partial charge in [-0.05, 0) is 50.8 Å². The molecule has 0 aliphatic heterocycles. The molecule has 0 radical (unpaired) electrons. The number of hydrogen-bond donors (Lipinski definition) is 0. The van der Waals surface area contributed by atoms with E-state index in [1.165, 1.54) is 0 Å². The highest BCUT2D eigenvalue weighted by Gasteiger charge is 2.30. The Morgan fingerprint density at radius 2 is 1.85 bits per heavy atom. The molecule has 0 N–H and O–H groups in total. The molecule has 2 atom stereocenters. The molecule has 3 heteroatoms. The molecule has 0 aromatic heterocycles. The molecule has 2 unspecified atom stereocenters. The van der Waals surface area contributed by atoms with Gasteiger partial charge in [-0.3, -0.25) is 4.79 Å². The molecular weight excluding hydrogens is 252 g/mol. The van der Waals surface area contributed by atoms with Crippen molar-refractivity contribution in [1.82, 2.24) is 0 Å². The van der Waals surface area contributed by atoms with Gasteiger partial charge in [0.15, 0.2) is 17.3 Å². The molecule has 110 valence electrons. The van der Waals surface area contributed by atoms with Crippen LogP contribution in [0.5, 0.6) is 11.5 Å². The summed E-state index contributed by atoms with van der Waals surface area (Å²) in [6.45, 7) is 7.20. The SMILES string of the molecule is CCOc1ccc(C(=O)C2CCCC2C)cc1OCC. The molecular formula is C17H24O3. The molecule has 20 heavy (non-hydrogen) atoms. The Labute approximate surface area is 121 Å². The van der Waals surface area contributed by atoms with Gasteiger partial charge < -0.3 is 9.47 Å². The predicted octanol–water partition coefficient (Wildman–Crippen LogP) is 4.10. The maximum atomic E-state index is 12.6. The first kappa shape index (κ1) is 14.9. The van der Waals surface area contributed by atoms with Crippen molar-refractivity contribution in [2.24, 2.45) is 11.8 Å². The number of rotatable bonds is 6. The Kier molecular flexibility index (Phi) is 5.05. The summed E-state index contributed by atoms with van der Waals surface area (Å²) < 4.78 is 11.1. The largest absolute Gasteiger partial charge is 0.490 e. The highest BCUT2D eigenvalue weighted by Crippen LogP contribution is 2.36. The van der Waals surface area contributed by atoms with Gasteiger partial charge in [0.2, 0.25) is 0 Å². The number of ketones is 1. The summed E-state index contributed by atoms with van der Waals surface area (Å²) in [6.07, 6.45) is 3.33. The first-order valence-corrected chi connectivity index (χ1v) is 7.61. The minimum Gasteiger partial charge on any atom is -0.490 e. The third-order valence-corrected chi connectivity index (χ3v) is 4.03. The van der Waals surface area contributed by atoms with Crippen LogP contribution < -0.4 is 9.47 Å². The molecule has 3 nitrogen and oxygen atoms in total. The van der Waals surface area contributed by atoms with Crippen LogP contribution in [0, 0.1) is 11.8 Å². The van der Waals surface area contributed by atoms with Crippen LogP contribution in [0.15, 0.2) is 18.2 Å². The van der Waals surface area contributed by atoms with Crippen LogP contribution in [0.25, 0.3) is 0 Å². The maximum Gasteiger partial charge on any atom is 0.166 e. The second kappa shape index (κ2) is 6.78. The van der Waals surface area contributed by atoms with Crippen molar-refractivity contribution >= 4 is 5.78 Å². The average Bonchev–Trinajstić information content (AvgIpc) is 2.86. The van der Waals surface area contributed by atoms with E-state index in [1.807, 2.05) is 32.0 Å². The van der Waals surface area contributed by atoms with Gasteiger partial charge in [0, 0.05) is 11.5 Å². The number of Topliss-reactive ketones (excluding diaryl/α,β-unsaturated/α-hetero) is 1. The monoisotopic (exact) mass is 276 g/mol. The van der Waals surface area contributed by atoms with E-state index in [0.717, 1.165) is 24.8 Å². The quantitative estimate of drug-likeness (QED) is 0.734. The molecule has 1 saturated carbocycles. The smallest absolute Gasteiger partial charge is 0.166 e. The molecule has 1 aliphatic rings. The molecule has 0 spiro atoms. The van der Waals surface area contributed by atoms with Crippen LogP contribution in [0.1, 0.15) is 50.4 Å². The highest BCUT2D eigenvalue weighted by atomic mass is 16.5. The number of carbonyl (C=O) groups excluding carboxylic acids is 1. The second-order valence-corrected chi connectivity index (χ2v) is 5.41. The van der Waals surface area contributed by atoms with E-state index in [2.05, 4.69) is 6.92 Å². The third kappa shape index (κ3) is 3.14. The second-order valence-electron chi connectivity index (χ2n) is 5.41. The fourth-order valence-electron chi connectivity index (χ4n) is 2.95. The number of carbonyl (C=O) groups is 1. The standard InChI is InChI=1S/C17H24O3/c1-4-19-15-10-9-13(11-16(15)20-5-2)17(18)14-8-6-7-12(14)3/h9-12,14H,4-8H2,1-3H3. The van der Waals surface area contributed by atoms with Gasteiger partial charge in [-0.2, -0.15) is 0 Å². The van der Waals surface area contributed by atoms with Crippen molar-refractivity contribution in [1.29, 1.82) is 0 Å². The lowest BCUT2D eigenvalue weighted by molar-refractivity contribution is 0.0896. The zero-order valence-electron chi connectivity index (χ0n) is 12.6. The summed E-state index contributed by atoms with van der Waals surface area (Å²) in [5.74, 6) is 2.29. The Morgan fingerprint density at radius 3 is 2.45 bits per heavy atom. The van der Waals surface area contributed by atoms with Crippen LogP contribution in [0.2, 0.25) is 0 Å². The lowest BCUT2D eigenvalue weighted by Crippen LogP contribution is -2.17. The van der Waals surface area contributed by atoms with Gasteiger partial charge in [-0.25, -0.2) is 0 Å².